The standard InChI is InChI=1S/C19H24N2O6/c1-5-9-19(18(24)27-6-2)14(17(23)26-4)13(16(22)25-3)15(21-19)12-8-7-10-20-11-12/h5,7-8,10-11,13-15,21H,1,6,9H2,2-4H3/t13-,14-,15-,19-/m1/s1. The molecule has 0 saturated carbocycles. The summed E-state index contributed by atoms with van der Waals surface area (Å²) in [6.07, 6.45) is 4.72. The highest BCUT2D eigenvalue weighted by Gasteiger charge is 2.64. The summed E-state index contributed by atoms with van der Waals surface area (Å²) < 4.78 is 15.1. The average Bonchev–Trinajstić information content (AvgIpc) is 3.04. The molecule has 0 radical (unpaired) electrons. The van der Waals surface area contributed by atoms with Crippen molar-refractivity contribution in [2.75, 3.05) is 20.8 Å². The van der Waals surface area contributed by atoms with E-state index in [1.54, 1.807) is 31.5 Å². The number of aromatic nitrogens is 1. The van der Waals surface area contributed by atoms with Gasteiger partial charge < -0.3 is 14.2 Å². The van der Waals surface area contributed by atoms with Gasteiger partial charge in [0.05, 0.1) is 26.7 Å². The van der Waals surface area contributed by atoms with E-state index in [4.69, 9.17) is 14.2 Å². The second-order valence-corrected chi connectivity index (χ2v) is 6.14. The Morgan fingerprint density at radius 3 is 2.52 bits per heavy atom. The summed E-state index contributed by atoms with van der Waals surface area (Å²) in [5, 5.41) is 3.15. The maximum Gasteiger partial charge on any atom is 0.327 e. The summed E-state index contributed by atoms with van der Waals surface area (Å²) in [7, 11) is 2.44. The van der Waals surface area contributed by atoms with Crippen molar-refractivity contribution in [2.45, 2.75) is 24.9 Å². The number of pyridine rings is 1. The molecule has 2 heterocycles. The lowest BCUT2D eigenvalue weighted by molar-refractivity contribution is -0.165. The fraction of sp³-hybridized carbons (Fsp3) is 0.474. The molecule has 0 spiro atoms. The third-order valence-corrected chi connectivity index (χ3v) is 4.74. The van der Waals surface area contributed by atoms with Gasteiger partial charge in [0.25, 0.3) is 0 Å². The largest absolute Gasteiger partial charge is 0.469 e. The van der Waals surface area contributed by atoms with E-state index in [0.29, 0.717) is 5.56 Å². The van der Waals surface area contributed by atoms with Crippen molar-refractivity contribution in [3.05, 3.63) is 42.7 Å². The van der Waals surface area contributed by atoms with E-state index in [9.17, 15) is 14.4 Å². The zero-order valence-corrected chi connectivity index (χ0v) is 15.6. The Morgan fingerprint density at radius 1 is 1.30 bits per heavy atom. The van der Waals surface area contributed by atoms with Crippen LogP contribution in [0, 0.1) is 11.8 Å². The molecule has 0 unspecified atom stereocenters. The van der Waals surface area contributed by atoms with Crippen LogP contribution in [0.3, 0.4) is 0 Å². The number of hydrogen-bond acceptors (Lipinski definition) is 8. The number of esters is 3. The van der Waals surface area contributed by atoms with Gasteiger partial charge in [0.2, 0.25) is 0 Å². The number of nitrogens with zero attached hydrogens (tertiary/aromatic N) is 1. The number of carbonyl (C=O) groups is 3. The summed E-state index contributed by atoms with van der Waals surface area (Å²) in [5.41, 5.74) is -0.874. The van der Waals surface area contributed by atoms with E-state index in [2.05, 4.69) is 16.9 Å². The molecule has 8 nitrogen and oxygen atoms in total. The highest BCUT2D eigenvalue weighted by molar-refractivity contribution is 5.94. The predicted molar refractivity (Wildman–Crippen MR) is 95.3 cm³/mol. The Balaban J connectivity index is 2.67. The van der Waals surface area contributed by atoms with Crippen LogP contribution in [0.15, 0.2) is 37.2 Å². The molecule has 2 rings (SSSR count). The maximum absolute atomic E-state index is 12.9. The SMILES string of the molecule is C=CC[C@@]1(C(=O)OCC)N[C@H](c2cccnc2)[C@H](C(=O)OC)[C@@H]1C(=O)OC. The average molecular weight is 376 g/mol. The van der Waals surface area contributed by atoms with E-state index in [1.165, 1.54) is 20.3 Å². The molecular formula is C19H24N2O6. The molecule has 8 heteroatoms. The van der Waals surface area contributed by atoms with Gasteiger partial charge in [0, 0.05) is 18.4 Å². The van der Waals surface area contributed by atoms with E-state index in [0.717, 1.165) is 0 Å². The molecule has 0 aliphatic carbocycles. The van der Waals surface area contributed by atoms with E-state index < -0.39 is 41.3 Å². The van der Waals surface area contributed by atoms with Crippen LogP contribution in [0.25, 0.3) is 0 Å². The lowest BCUT2D eigenvalue weighted by Crippen LogP contribution is -2.56. The Kier molecular flexibility index (Phi) is 6.68. The zero-order chi connectivity index (χ0) is 20.0. The van der Waals surface area contributed by atoms with Gasteiger partial charge in [0.1, 0.15) is 11.5 Å². The van der Waals surface area contributed by atoms with E-state index >= 15 is 0 Å². The second kappa shape index (κ2) is 8.77. The molecule has 1 aliphatic heterocycles. The lowest BCUT2D eigenvalue weighted by Gasteiger charge is -2.31. The summed E-state index contributed by atoms with van der Waals surface area (Å²) >= 11 is 0. The molecule has 1 aromatic rings. The minimum Gasteiger partial charge on any atom is -0.469 e. The van der Waals surface area contributed by atoms with Crippen LogP contribution in [0.2, 0.25) is 0 Å². The molecule has 4 atom stereocenters. The molecule has 1 saturated heterocycles. The van der Waals surface area contributed by atoms with Crippen molar-refractivity contribution in [3.63, 3.8) is 0 Å². The topological polar surface area (TPSA) is 104 Å². The van der Waals surface area contributed by atoms with Crippen molar-refractivity contribution in [3.8, 4) is 0 Å². The first-order chi connectivity index (χ1) is 13.0. The predicted octanol–water partition coefficient (Wildman–Crippen LogP) is 1.18. The minimum absolute atomic E-state index is 0.0653. The van der Waals surface area contributed by atoms with Crippen molar-refractivity contribution < 1.29 is 28.6 Å². The smallest absolute Gasteiger partial charge is 0.327 e. The molecule has 1 aromatic heterocycles. The van der Waals surface area contributed by atoms with Crippen molar-refractivity contribution >= 4 is 17.9 Å². The molecular weight excluding hydrogens is 352 g/mol. The summed E-state index contributed by atoms with van der Waals surface area (Å²) in [6.45, 7) is 5.47. The first-order valence-corrected chi connectivity index (χ1v) is 8.58. The summed E-state index contributed by atoms with van der Waals surface area (Å²) in [4.78, 5) is 42.3. The fourth-order valence-corrected chi connectivity index (χ4v) is 3.63. The normalized spacial score (nSPS) is 26.9. The fourth-order valence-electron chi connectivity index (χ4n) is 3.63. The number of carbonyl (C=O) groups excluding carboxylic acids is 3. The first kappa shape index (κ1) is 20.6. The van der Waals surface area contributed by atoms with Gasteiger partial charge in [-0.2, -0.15) is 0 Å². The van der Waals surface area contributed by atoms with Gasteiger partial charge in [-0.05, 0) is 25.0 Å². The maximum atomic E-state index is 12.9. The Bertz CT molecular complexity index is 707. The highest BCUT2D eigenvalue weighted by Crippen LogP contribution is 2.46. The van der Waals surface area contributed by atoms with Crippen LogP contribution >= 0.6 is 0 Å². The molecule has 1 fully saturated rings. The van der Waals surface area contributed by atoms with Crippen LogP contribution in [0.1, 0.15) is 24.9 Å². The zero-order valence-electron chi connectivity index (χ0n) is 15.6. The molecule has 146 valence electrons. The number of rotatable bonds is 7. The molecule has 27 heavy (non-hydrogen) atoms. The quantitative estimate of drug-likeness (QED) is 0.430. The number of ether oxygens (including phenoxy) is 3. The van der Waals surface area contributed by atoms with Crippen LogP contribution in [-0.4, -0.2) is 49.3 Å². The van der Waals surface area contributed by atoms with Gasteiger partial charge in [-0.25, -0.2) is 0 Å². The van der Waals surface area contributed by atoms with Crippen LogP contribution < -0.4 is 5.32 Å². The monoisotopic (exact) mass is 376 g/mol. The van der Waals surface area contributed by atoms with Crippen LogP contribution in [0.4, 0.5) is 0 Å². The molecule has 0 bridgehead atoms. The van der Waals surface area contributed by atoms with Crippen molar-refractivity contribution in [1.82, 2.24) is 10.3 Å². The summed E-state index contributed by atoms with van der Waals surface area (Å²) in [5.74, 6) is -4.16. The Morgan fingerprint density at radius 2 is 2.00 bits per heavy atom. The lowest BCUT2D eigenvalue weighted by atomic mass is 9.76. The second-order valence-electron chi connectivity index (χ2n) is 6.14. The molecule has 0 amide bonds. The van der Waals surface area contributed by atoms with Crippen molar-refractivity contribution in [2.24, 2.45) is 11.8 Å². The third kappa shape index (κ3) is 3.71. The summed E-state index contributed by atoms with van der Waals surface area (Å²) in [6, 6.07) is 2.76. The Hall–Kier alpha value is -2.74. The highest BCUT2D eigenvalue weighted by atomic mass is 16.5. The minimum atomic E-state index is -1.51. The van der Waals surface area contributed by atoms with Gasteiger partial charge >= 0.3 is 17.9 Å². The van der Waals surface area contributed by atoms with Gasteiger partial charge in [-0.15, -0.1) is 6.58 Å². The van der Waals surface area contributed by atoms with Gasteiger partial charge in [-0.3, -0.25) is 24.7 Å². The molecule has 1 N–H and O–H groups in total. The number of hydrogen-bond donors (Lipinski definition) is 1. The van der Waals surface area contributed by atoms with E-state index in [1.807, 2.05) is 0 Å². The Labute approximate surface area is 157 Å². The van der Waals surface area contributed by atoms with Crippen LogP contribution in [-0.2, 0) is 28.6 Å². The third-order valence-electron chi connectivity index (χ3n) is 4.74. The van der Waals surface area contributed by atoms with Crippen LogP contribution in [0.5, 0.6) is 0 Å². The first-order valence-electron chi connectivity index (χ1n) is 8.58. The van der Waals surface area contributed by atoms with Gasteiger partial charge in [0.15, 0.2) is 0 Å². The number of nitrogens with one attached hydrogen (secondary N) is 1. The molecule has 1 aliphatic rings. The van der Waals surface area contributed by atoms with Gasteiger partial charge in [-0.1, -0.05) is 12.1 Å². The van der Waals surface area contributed by atoms with Crippen molar-refractivity contribution in [1.29, 1.82) is 0 Å². The molecule has 0 aromatic carbocycles. The number of methoxy groups -OCH3 is 2. The van der Waals surface area contributed by atoms with E-state index in [-0.39, 0.29) is 13.0 Å².